The molecule has 0 saturated carbocycles. The fourth-order valence-corrected chi connectivity index (χ4v) is 2.84. The summed E-state index contributed by atoms with van der Waals surface area (Å²) in [6.45, 7) is 1.94. The normalized spacial score (nSPS) is 12.0. The van der Waals surface area contributed by atoms with Gasteiger partial charge in [0.1, 0.15) is 6.04 Å². The summed E-state index contributed by atoms with van der Waals surface area (Å²) in [4.78, 5) is 16.5. The molecule has 0 saturated heterocycles. The van der Waals surface area contributed by atoms with Crippen LogP contribution in [0.15, 0.2) is 72.8 Å². The van der Waals surface area contributed by atoms with E-state index in [9.17, 15) is 4.79 Å². The molecule has 0 aliphatic carbocycles. The van der Waals surface area contributed by atoms with Crippen molar-refractivity contribution in [2.75, 3.05) is 23.9 Å². The van der Waals surface area contributed by atoms with Gasteiger partial charge in [0.2, 0.25) is 5.91 Å². The van der Waals surface area contributed by atoms with E-state index < -0.39 is 0 Å². The van der Waals surface area contributed by atoms with Gasteiger partial charge in [0.15, 0.2) is 0 Å². The monoisotopic (exact) mass is 318 g/mol. The molecule has 0 aliphatic rings. The molecule has 1 atom stereocenters. The molecule has 3 aromatic rings. The summed E-state index contributed by atoms with van der Waals surface area (Å²) in [6, 6.07) is 24.0. The number of fused-ring (bicyclic) bond motifs is 1. The molecule has 0 N–H and O–H groups in total. The fourth-order valence-electron chi connectivity index (χ4n) is 2.84. The zero-order valence-electron chi connectivity index (χ0n) is 14.3. The van der Waals surface area contributed by atoms with Crippen LogP contribution in [0.2, 0.25) is 0 Å². The number of anilines is 2. The van der Waals surface area contributed by atoms with Gasteiger partial charge in [-0.2, -0.15) is 0 Å². The first kappa shape index (κ1) is 16.1. The highest BCUT2D eigenvalue weighted by atomic mass is 16.2. The van der Waals surface area contributed by atoms with Crippen molar-refractivity contribution in [3.05, 3.63) is 72.8 Å². The molecule has 0 heterocycles. The van der Waals surface area contributed by atoms with Crippen molar-refractivity contribution in [1.29, 1.82) is 0 Å². The number of likely N-dealkylation sites (N-methyl/N-ethyl adjacent to an activating group) is 2. The maximum Gasteiger partial charge on any atom is 0.249 e. The third-order valence-corrected chi connectivity index (χ3v) is 4.55. The van der Waals surface area contributed by atoms with Crippen LogP contribution in [-0.2, 0) is 4.79 Å². The van der Waals surface area contributed by atoms with Gasteiger partial charge >= 0.3 is 0 Å². The van der Waals surface area contributed by atoms with E-state index in [0.29, 0.717) is 0 Å². The van der Waals surface area contributed by atoms with Crippen molar-refractivity contribution in [2.45, 2.75) is 13.0 Å². The molecule has 0 unspecified atom stereocenters. The van der Waals surface area contributed by atoms with E-state index in [4.69, 9.17) is 0 Å². The van der Waals surface area contributed by atoms with Crippen molar-refractivity contribution in [3.63, 3.8) is 0 Å². The van der Waals surface area contributed by atoms with Gasteiger partial charge in [-0.3, -0.25) is 4.79 Å². The fraction of sp³-hybridized carbons (Fsp3) is 0.190. The van der Waals surface area contributed by atoms with Gasteiger partial charge in [-0.15, -0.1) is 0 Å². The second-order valence-corrected chi connectivity index (χ2v) is 6.05. The van der Waals surface area contributed by atoms with Gasteiger partial charge in [0.05, 0.1) is 0 Å². The van der Waals surface area contributed by atoms with Crippen LogP contribution in [0.3, 0.4) is 0 Å². The number of amides is 1. The van der Waals surface area contributed by atoms with Crippen LogP contribution in [0, 0.1) is 0 Å². The Balaban J connectivity index is 1.82. The molecule has 0 aromatic heterocycles. The van der Waals surface area contributed by atoms with Gasteiger partial charge in [-0.1, -0.05) is 48.5 Å². The third-order valence-electron chi connectivity index (χ3n) is 4.55. The summed E-state index contributed by atoms with van der Waals surface area (Å²) in [7, 11) is 3.79. The minimum Gasteiger partial charge on any atom is -0.363 e. The summed E-state index contributed by atoms with van der Waals surface area (Å²) in [5.41, 5.74) is 1.94. The predicted octanol–water partition coefficient (Wildman–Crippen LogP) is 4.33. The van der Waals surface area contributed by atoms with Crippen molar-refractivity contribution < 1.29 is 4.79 Å². The molecule has 0 aliphatic heterocycles. The Bertz CT molecular complexity index is 845. The maximum atomic E-state index is 12.8. The Kier molecular flexibility index (Phi) is 4.52. The molecule has 24 heavy (non-hydrogen) atoms. The highest BCUT2D eigenvalue weighted by Crippen LogP contribution is 2.23. The summed E-state index contributed by atoms with van der Waals surface area (Å²) in [5.74, 6) is 0.0665. The van der Waals surface area contributed by atoms with Crippen molar-refractivity contribution >= 4 is 28.1 Å². The number of benzene rings is 3. The smallest absolute Gasteiger partial charge is 0.249 e. The number of nitrogens with zero attached hydrogens (tertiary/aromatic N) is 2. The van der Waals surface area contributed by atoms with Crippen molar-refractivity contribution in [1.82, 2.24) is 0 Å². The average Bonchev–Trinajstić information content (AvgIpc) is 2.66. The number of carbonyl (C=O) groups is 1. The molecular formula is C21H22N2O. The molecule has 3 aromatic carbocycles. The van der Waals surface area contributed by atoms with E-state index >= 15 is 0 Å². The Hall–Kier alpha value is -2.81. The van der Waals surface area contributed by atoms with Gasteiger partial charge < -0.3 is 9.80 Å². The predicted molar refractivity (Wildman–Crippen MR) is 102 cm³/mol. The standard InChI is InChI=1S/C21H22N2O/c1-16(21(24)23(3)19-11-5-4-6-12-19)22(2)20-14-13-17-9-7-8-10-18(17)15-20/h4-16H,1-3H3/t16-/m0/s1. The Morgan fingerprint density at radius 1 is 0.792 bits per heavy atom. The first-order valence-electron chi connectivity index (χ1n) is 8.12. The molecule has 0 fully saturated rings. The Morgan fingerprint density at radius 2 is 1.42 bits per heavy atom. The molecule has 3 nitrogen and oxygen atoms in total. The van der Waals surface area contributed by atoms with E-state index in [1.807, 2.05) is 68.4 Å². The van der Waals surface area contributed by atoms with E-state index in [2.05, 4.69) is 30.3 Å². The van der Waals surface area contributed by atoms with Crippen LogP contribution < -0.4 is 9.80 Å². The van der Waals surface area contributed by atoms with Gasteiger partial charge in [0.25, 0.3) is 0 Å². The molecule has 0 spiro atoms. The molecule has 1 amide bonds. The second-order valence-electron chi connectivity index (χ2n) is 6.05. The molecular weight excluding hydrogens is 296 g/mol. The molecule has 0 bridgehead atoms. The SMILES string of the molecule is C[C@@H](C(=O)N(C)c1ccccc1)N(C)c1ccc2ccccc2c1. The molecule has 3 rings (SSSR count). The van der Waals surface area contributed by atoms with Crippen LogP contribution in [0.4, 0.5) is 11.4 Å². The van der Waals surface area contributed by atoms with Crippen molar-refractivity contribution in [2.24, 2.45) is 0 Å². The van der Waals surface area contributed by atoms with Gasteiger partial charge in [-0.05, 0) is 42.0 Å². The minimum absolute atomic E-state index is 0.0665. The quantitative estimate of drug-likeness (QED) is 0.715. The Labute approximate surface area is 143 Å². The number of carbonyl (C=O) groups excluding carboxylic acids is 1. The molecule has 3 heteroatoms. The molecule has 122 valence electrons. The van der Waals surface area contributed by atoms with Crippen LogP contribution in [0.25, 0.3) is 10.8 Å². The summed E-state index contributed by atoms with van der Waals surface area (Å²) in [6.07, 6.45) is 0. The van der Waals surface area contributed by atoms with Crippen LogP contribution >= 0.6 is 0 Å². The van der Waals surface area contributed by atoms with Gasteiger partial charge in [0, 0.05) is 25.5 Å². The lowest BCUT2D eigenvalue weighted by molar-refractivity contribution is -0.119. The lowest BCUT2D eigenvalue weighted by Gasteiger charge is -2.30. The lowest BCUT2D eigenvalue weighted by atomic mass is 10.1. The van der Waals surface area contributed by atoms with E-state index in [1.165, 1.54) is 10.8 Å². The second kappa shape index (κ2) is 6.75. The van der Waals surface area contributed by atoms with Crippen LogP contribution in [-0.4, -0.2) is 26.0 Å². The van der Waals surface area contributed by atoms with Gasteiger partial charge in [-0.25, -0.2) is 0 Å². The highest BCUT2D eigenvalue weighted by molar-refractivity contribution is 5.98. The summed E-state index contributed by atoms with van der Waals surface area (Å²) >= 11 is 0. The first-order chi connectivity index (χ1) is 11.6. The van der Waals surface area contributed by atoms with Crippen molar-refractivity contribution in [3.8, 4) is 0 Å². The molecule has 0 radical (unpaired) electrons. The first-order valence-corrected chi connectivity index (χ1v) is 8.12. The van der Waals surface area contributed by atoms with Crippen LogP contribution in [0.5, 0.6) is 0 Å². The third kappa shape index (κ3) is 3.11. The number of hydrogen-bond acceptors (Lipinski definition) is 2. The number of rotatable bonds is 4. The van der Waals surface area contributed by atoms with E-state index in [0.717, 1.165) is 11.4 Å². The largest absolute Gasteiger partial charge is 0.363 e. The highest BCUT2D eigenvalue weighted by Gasteiger charge is 2.22. The minimum atomic E-state index is -0.253. The maximum absolute atomic E-state index is 12.8. The zero-order chi connectivity index (χ0) is 17.1. The lowest BCUT2D eigenvalue weighted by Crippen LogP contribution is -2.44. The number of para-hydroxylation sites is 1. The topological polar surface area (TPSA) is 23.6 Å². The van der Waals surface area contributed by atoms with E-state index in [-0.39, 0.29) is 11.9 Å². The Morgan fingerprint density at radius 3 is 2.12 bits per heavy atom. The van der Waals surface area contributed by atoms with Crippen LogP contribution in [0.1, 0.15) is 6.92 Å². The average molecular weight is 318 g/mol. The number of hydrogen-bond donors (Lipinski definition) is 0. The summed E-state index contributed by atoms with van der Waals surface area (Å²) < 4.78 is 0. The zero-order valence-corrected chi connectivity index (χ0v) is 14.3. The summed E-state index contributed by atoms with van der Waals surface area (Å²) in [5, 5.41) is 2.38. The van der Waals surface area contributed by atoms with E-state index in [1.54, 1.807) is 4.90 Å².